The molecule has 0 radical (unpaired) electrons. The summed E-state index contributed by atoms with van der Waals surface area (Å²) in [6.07, 6.45) is 4.46. The van der Waals surface area contributed by atoms with Gasteiger partial charge in [0.25, 0.3) is 0 Å². The van der Waals surface area contributed by atoms with Gasteiger partial charge in [0.15, 0.2) is 5.78 Å². The van der Waals surface area contributed by atoms with Gasteiger partial charge >= 0.3 is 0 Å². The van der Waals surface area contributed by atoms with Crippen molar-refractivity contribution in [2.75, 3.05) is 7.05 Å². The van der Waals surface area contributed by atoms with Gasteiger partial charge in [-0.2, -0.15) is 0 Å². The van der Waals surface area contributed by atoms with Crippen LogP contribution in [-0.2, 0) is 4.79 Å². The first kappa shape index (κ1) is 6.33. The zero-order valence-electron chi connectivity index (χ0n) is 5.61. The molecule has 1 aliphatic rings. The molecule has 2 nitrogen and oxygen atoms in total. The van der Waals surface area contributed by atoms with Crippen molar-refractivity contribution in [3.8, 4) is 0 Å². The molecule has 1 rings (SSSR count). The van der Waals surface area contributed by atoms with E-state index in [4.69, 9.17) is 0 Å². The summed E-state index contributed by atoms with van der Waals surface area (Å²) in [6, 6.07) is 0. The van der Waals surface area contributed by atoms with Crippen LogP contribution < -0.4 is 5.32 Å². The number of rotatable bonds is 1. The Hall–Kier alpha value is -0.790. The second-order valence-electron chi connectivity index (χ2n) is 2.24. The van der Waals surface area contributed by atoms with Gasteiger partial charge in [-0.25, -0.2) is 0 Å². The van der Waals surface area contributed by atoms with E-state index in [2.05, 4.69) is 5.32 Å². The largest absolute Gasteiger partial charge is 0.391 e. The highest BCUT2D eigenvalue weighted by atomic mass is 16.1. The first-order valence-corrected chi connectivity index (χ1v) is 3.24. The minimum absolute atomic E-state index is 0.255. The minimum atomic E-state index is 0.255. The first-order valence-electron chi connectivity index (χ1n) is 3.24. The summed E-state index contributed by atoms with van der Waals surface area (Å²) in [5.74, 6) is 0.255. The average Bonchev–Trinajstić information content (AvgIpc) is 1.88. The van der Waals surface area contributed by atoms with Crippen LogP contribution in [0.5, 0.6) is 0 Å². The summed E-state index contributed by atoms with van der Waals surface area (Å²) < 4.78 is 0. The van der Waals surface area contributed by atoms with Crippen molar-refractivity contribution in [3.05, 3.63) is 11.8 Å². The van der Waals surface area contributed by atoms with E-state index in [1.807, 2.05) is 7.05 Å². The normalized spacial score (nSPS) is 19.2. The second-order valence-corrected chi connectivity index (χ2v) is 2.24. The van der Waals surface area contributed by atoms with Crippen molar-refractivity contribution < 1.29 is 4.79 Å². The maximum absolute atomic E-state index is 10.7. The third-order valence-corrected chi connectivity index (χ3v) is 1.53. The van der Waals surface area contributed by atoms with E-state index in [1.165, 1.54) is 0 Å². The number of hydrogen-bond donors (Lipinski definition) is 1. The Morgan fingerprint density at radius 1 is 1.56 bits per heavy atom. The highest BCUT2D eigenvalue weighted by molar-refractivity contribution is 5.90. The minimum Gasteiger partial charge on any atom is -0.391 e. The quantitative estimate of drug-likeness (QED) is 0.562. The van der Waals surface area contributed by atoms with Crippen LogP contribution in [0.3, 0.4) is 0 Å². The fourth-order valence-corrected chi connectivity index (χ4v) is 0.989. The Bertz CT molecular complexity index is 149. The molecule has 0 fully saturated rings. The molecule has 0 saturated carbocycles. The molecule has 0 aromatic rings. The fraction of sp³-hybridized carbons (Fsp3) is 0.571. The summed E-state index contributed by atoms with van der Waals surface area (Å²) in [4.78, 5) is 10.7. The predicted molar refractivity (Wildman–Crippen MR) is 36.0 cm³/mol. The number of ketones is 1. The number of carbonyl (C=O) groups excluding carboxylic acids is 1. The zero-order valence-corrected chi connectivity index (χ0v) is 5.61. The van der Waals surface area contributed by atoms with E-state index in [0.717, 1.165) is 25.0 Å². The summed E-state index contributed by atoms with van der Waals surface area (Å²) >= 11 is 0. The van der Waals surface area contributed by atoms with Gasteiger partial charge in [0.05, 0.1) is 0 Å². The number of hydrogen-bond acceptors (Lipinski definition) is 2. The summed E-state index contributed by atoms with van der Waals surface area (Å²) in [5.41, 5.74) is 1.08. The number of carbonyl (C=O) groups is 1. The van der Waals surface area contributed by atoms with E-state index in [-0.39, 0.29) is 5.78 Å². The molecule has 9 heavy (non-hydrogen) atoms. The monoisotopic (exact) mass is 125 g/mol. The molecular formula is C7H11NO. The molecule has 0 aliphatic heterocycles. The zero-order chi connectivity index (χ0) is 6.69. The smallest absolute Gasteiger partial charge is 0.157 e. The van der Waals surface area contributed by atoms with Gasteiger partial charge in [0.2, 0.25) is 0 Å². The van der Waals surface area contributed by atoms with E-state index < -0.39 is 0 Å². The molecule has 0 aromatic carbocycles. The van der Waals surface area contributed by atoms with E-state index in [9.17, 15) is 4.79 Å². The van der Waals surface area contributed by atoms with Gasteiger partial charge in [-0.1, -0.05) is 0 Å². The van der Waals surface area contributed by atoms with Crippen molar-refractivity contribution in [1.82, 2.24) is 5.32 Å². The van der Waals surface area contributed by atoms with Crippen molar-refractivity contribution in [3.63, 3.8) is 0 Å². The topological polar surface area (TPSA) is 29.1 Å². The van der Waals surface area contributed by atoms with E-state index in [0.29, 0.717) is 0 Å². The molecule has 1 aliphatic carbocycles. The maximum Gasteiger partial charge on any atom is 0.157 e. The van der Waals surface area contributed by atoms with Crippen molar-refractivity contribution in [1.29, 1.82) is 0 Å². The molecular weight excluding hydrogens is 114 g/mol. The average molecular weight is 125 g/mol. The third kappa shape index (κ3) is 1.56. The van der Waals surface area contributed by atoms with Crippen LogP contribution in [0.2, 0.25) is 0 Å². The highest BCUT2D eigenvalue weighted by Crippen LogP contribution is 2.11. The Balaban J connectivity index is 2.59. The summed E-state index contributed by atoms with van der Waals surface area (Å²) in [5, 5.41) is 2.97. The highest BCUT2D eigenvalue weighted by Gasteiger charge is 2.06. The van der Waals surface area contributed by atoms with Gasteiger partial charge in [0, 0.05) is 19.2 Å². The van der Waals surface area contributed by atoms with Crippen LogP contribution in [-0.4, -0.2) is 12.8 Å². The van der Waals surface area contributed by atoms with Crippen LogP contribution >= 0.6 is 0 Å². The molecule has 0 saturated heterocycles. The number of allylic oxidation sites excluding steroid dienone is 2. The van der Waals surface area contributed by atoms with Gasteiger partial charge in [0.1, 0.15) is 0 Å². The van der Waals surface area contributed by atoms with Gasteiger partial charge in [-0.3, -0.25) is 4.79 Å². The van der Waals surface area contributed by atoms with Crippen molar-refractivity contribution in [2.24, 2.45) is 0 Å². The lowest BCUT2D eigenvalue weighted by Gasteiger charge is -2.09. The third-order valence-electron chi connectivity index (χ3n) is 1.53. The molecule has 1 N–H and O–H groups in total. The molecule has 0 aromatic heterocycles. The van der Waals surface area contributed by atoms with Crippen LogP contribution in [0.15, 0.2) is 11.8 Å². The van der Waals surface area contributed by atoms with E-state index >= 15 is 0 Å². The van der Waals surface area contributed by atoms with Crippen LogP contribution in [0.25, 0.3) is 0 Å². The maximum atomic E-state index is 10.7. The second kappa shape index (κ2) is 2.67. The lowest BCUT2D eigenvalue weighted by atomic mass is 10.0. The first-order chi connectivity index (χ1) is 4.33. The number of nitrogens with one attached hydrogen (secondary N) is 1. The van der Waals surface area contributed by atoms with Crippen LogP contribution in [0.1, 0.15) is 19.3 Å². The Morgan fingerprint density at radius 2 is 2.33 bits per heavy atom. The summed E-state index contributed by atoms with van der Waals surface area (Å²) in [6.45, 7) is 0. The molecule has 0 bridgehead atoms. The Morgan fingerprint density at radius 3 is 2.78 bits per heavy atom. The van der Waals surface area contributed by atoms with Gasteiger partial charge < -0.3 is 5.32 Å². The molecule has 0 amide bonds. The lowest BCUT2D eigenvalue weighted by Crippen LogP contribution is -2.12. The molecule has 2 heteroatoms. The SMILES string of the molecule is CNC1=CC(=O)CCC1. The van der Waals surface area contributed by atoms with Crippen molar-refractivity contribution in [2.45, 2.75) is 19.3 Å². The Labute approximate surface area is 54.9 Å². The Kier molecular flexibility index (Phi) is 1.88. The predicted octanol–water partition coefficient (Wildman–Crippen LogP) is 0.843. The summed E-state index contributed by atoms with van der Waals surface area (Å²) in [7, 11) is 1.85. The molecule has 0 spiro atoms. The standard InChI is InChI=1S/C7H11NO/c1-8-6-3-2-4-7(9)5-6/h5,8H,2-4H2,1H3. The molecule has 0 atom stereocenters. The fourth-order valence-electron chi connectivity index (χ4n) is 0.989. The van der Waals surface area contributed by atoms with Crippen LogP contribution in [0.4, 0.5) is 0 Å². The van der Waals surface area contributed by atoms with E-state index in [1.54, 1.807) is 6.08 Å². The van der Waals surface area contributed by atoms with Crippen molar-refractivity contribution >= 4 is 5.78 Å². The molecule has 50 valence electrons. The lowest BCUT2D eigenvalue weighted by molar-refractivity contribution is -0.115. The molecule has 0 heterocycles. The van der Waals surface area contributed by atoms with Gasteiger partial charge in [-0.15, -0.1) is 0 Å². The van der Waals surface area contributed by atoms with Gasteiger partial charge in [-0.05, 0) is 18.9 Å². The van der Waals surface area contributed by atoms with Crippen LogP contribution in [0, 0.1) is 0 Å². The molecule has 0 unspecified atom stereocenters.